The number of carbonyl (C=O) groups excluding carboxylic acids is 2. The molecule has 1 N–H and O–H groups in total. The highest BCUT2D eigenvalue weighted by atomic mass is 35.5. The Morgan fingerprint density at radius 2 is 1.77 bits per heavy atom. The first-order chi connectivity index (χ1) is 14.3. The third kappa shape index (κ3) is 7.69. The summed E-state index contributed by atoms with van der Waals surface area (Å²) in [6.45, 7) is 4.58. The van der Waals surface area contributed by atoms with Crippen LogP contribution in [0.15, 0.2) is 47.4 Å². The standard InChI is InChI=1S/C22H25Cl3N2O2S/c1-3-11-26-22(29)15(2)27(14-16-4-9-19(24)20(25)13-16)21(28)10-12-30-18-7-5-17(23)6-8-18/h4-9,13,15H,3,10-12,14H2,1-2H3,(H,26,29)/t15-/m0/s1. The average Bonchev–Trinajstić information content (AvgIpc) is 2.73. The zero-order chi connectivity index (χ0) is 22.1. The number of hydrogen-bond donors (Lipinski definition) is 1. The van der Waals surface area contributed by atoms with Crippen LogP contribution in [-0.4, -0.2) is 35.1 Å². The van der Waals surface area contributed by atoms with Crippen molar-refractivity contribution in [1.82, 2.24) is 10.2 Å². The summed E-state index contributed by atoms with van der Waals surface area (Å²) in [5.74, 6) is 0.332. The molecule has 2 rings (SSSR count). The van der Waals surface area contributed by atoms with Crippen molar-refractivity contribution in [2.75, 3.05) is 12.3 Å². The molecule has 0 fully saturated rings. The van der Waals surface area contributed by atoms with E-state index in [0.717, 1.165) is 16.9 Å². The van der Waals surface area contributed by atoms with E-state index in [1.165, 1.54) is 0 Å². The minimum Gasteiger partial charge on any atom is -0.354 e. The molecule has 2 aromatic carbocycles. The second-order valence-corrected chi connectivity index (χ2v) is 9.21. The van der Waals surface area contributed by atoms with Crippen molar-refractivity contribution in [2.45, 2.75) is 44.2 Å². The summed E-state index contributed by atoms with van der Waals surface area (Å²) < 4.78 is 0. The van der Waals surface area contributed by atoms with Gasteiger partial charge in [0.25, 0.3) is 0 Å². The van der Waals surface area contributed by atoms with Gasteiger partial charge in [0.2, 0.25) is 11.8 Å². The Balaban J connectivity index is 2.07. The normalized spacial score (nSPS) is 11.8. The number of benzene rings is 2. The van der Waals surface area contributed by atoms with Gasteiger partial charge in [0, 0.05) is 35.2 Å². The Kier molecular flexibility index (Phi) is 10.3. The molecular formula is C22H25Cl3N2O2S. The van der Waals surface area contributed by atoms with Crippen LogP contribution in [-0.2, 0) is 16.1 Å². The molecule has 8 heteroatoms. The molecule has 162 valence electrons. The predicted octanol–water partition coefficient (Wildman–Crippen LogP) is 6.07. The third-order valence-electron chi connectivity index (χ3n) is 4.45. The first-order valence-corrected chi connectivity index (χ1v) is 11.8. The van der Waals surface area contributed by atoms with E-state index < -0.39 is 6.04 Å². The summed E-state index contributed by atoms with van der Waals surface area (Å²) in [5, 5.41) is 4.41. The maximum absolute atomic E-state index is 13.0. The summed E-state index contributed by atoms with van der Waals surface area (Å²) in [6.07, 6.45) is 1.14. The van der Waals surface area contributed by atoms with Crippen molar-refractivity contribution in [1.29, 1.82) is 0 Å². The molecular weight excluding hydrogens is 463 g/mol. The fourth-order valence-electron chi connectivity index (χ4n) is 2.74. The fourth-order valence-corrected chi connectivity index (χ4v) is 4.03. The monoisotopic (exact) mass is 486 g/mol. The Morgan fingerprint density at radius 1 is 1.07 bits per heavy atom. The van der Waals surface area contributed by atoms with Crippen LogP contribution in [0.4, 0.5) is 0 Å². The number of carbonyl (C=O) groups is 2. The smallest absolute Gasteiger partial charge is 0.242 e. The van der Waals surface area contributed by atoms with Crippen LogP contribution in [0, 0.1) is 0 Å². The Hall–Kier alpha value is -1.40. The average molecular weight is 488 g/mol. The highest BCUT2D eigenvalue weighted by Crippen LogP contribution is 2.25. The van der Waals surface area contributed by atoms with Crippen LogP contribution in [0.25, 0.3) is 0 Å². The van der Waals surface area contributed by atoms with Crippen molar-refractivity contribution < 1.29 is 9.59 Å². The number of nitrogens with zero attached hydrogens (tertiary/aromatic N) is 1. The van der Waals surface area contributed by atoms with Gasteiger partial charge in [0.1, 0.15) is 6.04 Å². The predicted molar refractivity (Wildman–Crippen MR) is 127 cm³/mol. The van der Waals surface area contributed by atoms with Gasteiger partial charge < -0.3 is 10.2 Å². The van der Waals surface area contributed by atoms with Gasteiger partial charge in [-0.25, -0.2) is 0 Å². The largest absolute Gasteiger partial charge is 0.354 e. The SMILES string of the molecule is CCCNC(=O)[C@H](C)N(Cc1ccc(Cl)c(Cl)c1)C(=O)CCSc1ccc(Cl)cc1. The van der Waals surface area contributed by atoms with Crippen LogP contribution in [0.5, 0.6) is 0 Å². The molecule has 0 spiro atoms. The van der Waals surface area contributed by atoms with Crippen molar-refractivity contribution in [3.8, 4) is 0 Å². The molecule has 0 aliphatic rings. The van der Waals surface area contributed by atoms with Gasteiger partial charge in [-0.3, -0.25) is 9.59 Å². The molecule has 2 amide bonds. The number of nitrogens with one attached hydrogen (secondary N) is 1. The maximum atomic E-state index is 13.0. The molecule has 0 heterocycles. The van der Waals surface area contributed by atoms with Gasteiger partial charge in [0.05, 0.1) is 10.0 Å². The summed E-state index contributed by atoms with van der Waals surface area (Å²) in [7, 11) is 0. The van der Waals surface area contributed by atoms with E-state index in [9.17, 15) is 9.59 Å². The number of rotatable bonds is 10. The van der Waals surface area contributed by atoms with Gasteiger partial charge in [-0.15, -0.1) is 11.8 Å². The Morgan fingerprint density at radius 3 is 2.40 bits per heavy atom. The summed E-state index contributed by atoms with van der Waals surface area (Å²) in [6, 6.07) is 12.1. The Bertz CT molecular complexity index is 862. The molecule has 0 unspecified atom stereocenters. The summed E-state index contributed by atoms with van der Waals surface area (Å²) in [5.41, 5.74) is 0.818. The zero-order valence-corrected chi connectivity index (χ0v) is 20.0. The fraction of sp³-hybridized carbons (Fsp3) is 0.364. The minimum absolute atomic E-state index is 0.0957. The van der Waals surface area contributed by atoms with E-state index in [1.807, 2.05) is 37.3 Å². The Labute approximate surface area is 197 Å². The highest BCUT2D eigenvalue weighted by molar-refractivity contribution is 7.99. The lowest BCUT2D eigenvalue weighted by molar-refractivity contribution is -0.140. The van der Waals surface area contributed by atoms with E-state index in [-0.39, 0.29) is 18.4 Å². The van der Waals surface area contributed by atoms with Crippen LogP contribution in [0.1, 0.15) is 32.3 Å². The van der Waals surface area contributed by atoms with Gasteiger partial charge in [-0.2, -0.15) is 0 Å². The van der Waals surface area contributed by atoms with Crippen LogP contribution in [0.3, 0.4) is 0 Å². The zero-order valence-electron chi connectivity index (χ0n) is 17.0. The molecule has 0 saturated carbocycles. The van der Waals surface area contributed by atoms with Crippen molar-refractivity contribution in [2.24, 2.45) is 0 Å². The molecule has 4 nitrogen and oxygen atoms in total. The van der Waals surface area contributed by atoms with Gasteiger partial charge in [-0.05, 0) is 55.3 Å². The van der Waals surface area contributed by atoms with Crippen LogP contribution >= 0.6 is 46.6 Å². The quantitative estimate of drug-likeness (QED) is 0.414. The number of amides is 2. The lowest BCUT2D eigenvalue weighted by atomic mass is 10.1. The maximum Gasteiger partial charge on any atom is 0.242 e. The topological polar surface area (TPSA) is 49.4 Å². The molecule has 30 heavy (non-hydrogen) atoms. The van der Waals surface area contributed by atoms with Crippen molar-refractivity contribution in [3.05, 3.63) is 63.1 Å². The van der Waals surface area contributed by atoms with E-state index in [4.69, 9.17) is 34.8 Å². The first kappa shape index (κ1) is 24.9. The number of halogens is 3. The summed E-state index contributed by atoms with van der Waals surface area (Å²) in [4.78, 5) is 28.2. The van der Waals surface area contributed by atoms with E-state index >= 15 is 0 Å². The lowest BCUT2D eigenvalue weighted by Gasteiger charge is -2.29. The molecule has 0 bridgehead atoms. The van der Waals surface area contributed by atoms with Crippen LogP contribution in [0.2, 0.25) is 15.1 Å². The molecule has 2 aromatic rings. The van der Waals surface area contributed by atoms with Crippen molar-refractivity contribution in [3.63, 3.8) is 0 Å². The summed E-state index contributed by atoms with van der Waals surface area (Å²) >= 11 is 19.6. The molecule has 0 saturated heterocycles. The van der Waals surface area contributed by atoms with Crippen LogP contribution < -0.4 is 5.32 Å². The van der Waals surface area contributed by atoms with E-state index in [1.54, 1.807) is 35.7 Å². The highest BCUT2D eigenvalue weighted by Gasteiger charge is 2.25. The molecule has 0 radical (unpaired) electrons. The third-order valence-corrected chi connectivity index (χ3v) is 6.46. The van der Waals surface area contributed by atoms with Gasteiger partial charge in [-0.1, -0.05) is 47.8 Å². The van der Waals surface area contributed by atoms with E-state index in [2.05, 4.69) is 5.32 Å². The second kappa shape index (κ2) is 12.5. The minimum atomic E-state index is -0.598. The van der Waals surface area contributed by atoms with Crippen molar-refractivity contribution >= 4 is 58.4 Å². The lowest BCUT2D eigenvalue weighted by Crippen LogP contribution is -2.47. The molecule has 0 aromatic heterocycles. The molecule has 0 aliphatic heterocycles. The van der Waals surface area contributed by atoms with Gasteiger partial charge >= 0.3 is 0 Å². The molecule has 1 atom stereocenters. The first-order valence-electron chi connectivity index (χ1n) is 9.71. The number of thioether (sulfide) groups is 1. The number of hydrogen-bond acceptors (Lipinski definition) is 3. The molecule has 0 aliphatic carbocycles. The van der Waals surface area contributed by atoms with E-state index in [0.29, 0.717) is 33.8 Å². The van der Waals surface area contributed by atoms with Gasteiger partial charge in [0.15, 0.2) is 0 Å². The second-order valence-electron chi connectivity index (χ2n) is 6.79.